The topological polar surface area (TPSA) is 114 Å². The summed E-state index contributed by atoms with van der Waals surface area (Å²) in [7, 11) is -4.02. The Morgan fingerprint density at radius 1 is 0.978 bits per heavy atom. The summed E-state index contributed by atoms with van der Waals surface area (Å²) in [5.41, 5.74) is -0.0505. The second-order valence-electron chi connectivity index (χ2n) is 13.9. The number of carbonyl (C=O) groups is 2. The number of nitrogens with one attached hydrogen (secondary N) is 1. The van der Waals surface area contributed by atoms with Gasteiger partial charge < -0.3 is 15.1 Å². The van der Waals surface area contributed by atoms with Crippen molar-refractivity contribution in [3.05, 3.63) is 58.1 Å². The summed E-state index contributed by atoms with van der Waals surface area (Å²) < 4.78 is 28.2. The summed E-state index contributed by atoms with van der Waals surface area (Å²) in [5, 5.41) is 12.0. The molecule has 45 heavy (non-hydrogen) atoms. The first-order valence-electron chi connectivity index (χ1n) is 15.5. The Morgan fingerprint density at radius 2 is 1.62 bits per heavy atom. The maximum atomic E-state index is 14.2. The fraction of sp³-hybridized carbons (Fsp3) is 0.545. The van der Waals surface area contributed by atoms with Crippen molar-refractivity contribution in [3.8, 4) is 6.07 Å². The summed E-state index contributed by atoms with van der Waals surface area (Å²) in [4.78, 5) is 33.8. The van der Waals surface area contributed by atoms with Gasteiger partial charge in [0.15, 0.2) is 9.84 Å². The van der Waals surface area contributed by atoms with E-state index in [4.69, 9.17) is 23.2 Å². The Kier molecular flexibility index (Phi) is 8.17. The molecule has 240 valence electrons. The summed E-state index contributed by atoms with van der Waals surface area (Å²) in [6, 6.07) is 13.2. The van der Waals surface area contributed by atoms with Crippen molar-refractivity contribution >= 4 is 50.5 Å². The molecule has 4 aliphatic rings. The fourth-order valence-electron chi connectivity index (χ4n) is 6.73. The third kappa shape index (κ3) is 6.05. The van der Waals surface area contributed by atoms with E-state index in [0.29, 0.717) is 30.7 Å². The molecule has 2 aromatic rings. The van der Waals surface area contributed by atoms with E-state index < -0.39 is 38.0 Å². The Bertz CT molecular complexity index is 1650. The van der Waals surface area contributed by atoms with E-state index in [1.165, 1.54) is 4.90 Å². The number of anilines is 1. The lowest BCUT2D eigenvalue weighted by Gasteiger charge is -2.43. The SMILES string of the molecule is CC(C)(C)N1CCN(c2ccc(S(=O)(=O)C3CC(C(=O)NC4(C#N)CC4)N(C(=O)C4(c5ccc(Cl)cc5)CC4)C3)c(Cl)c2)CC1. The molecule has 2 saturated carbocycles. The number of sulfone groups is 1. The van der Waals surface area contributed by atoms with Gasteiger partial charge in [0.25, 0.3) is 0 Å². The van der Waals surface area contributed by atoms with E-state index in [-0.39, 0.29) is 34.3 Å². The van der Waals surface area contributed by atoms with Crippen LogP contribution in [0.4, 0.5) is 5.69 Å². The smallest absolute Gasteiger partial charge is 0.244 e. The maximum absolute atomic E-state index is 14.2. The van der Waals surface area contributed by atoms with Crippen LogP contribution in [0.25, 0.3) is 0 Å². The average Bonchev–Trinajstić information content (AvgIpc) is 3.93. The van der Waals surface area contributed by atoms with Crippen LogP contribution in [0.1, 0.15) is 58.4 Å². The third-order valence-electron chi connectivity index (χ3n) is 9.96. The second-order valence-corrected chi connectivity index (χ2v) is 16.9. The highest BCUT2D eigenvalue weighted by Gasteiger charge is 2.58. The van der Waals surface area contributed by atoms with E-state index in [0.717, 1.165) is 37.4 Å². The zero-order valence-electron chi connectivity index (χ0n) is 25.9. The standard InChI is InChI=1S/C33H39Cl2N5O4S/c1-31(2,3)39-16-14-38(15-17-39)24-8-9-28(26(35)18-24)45(43,44)25-19-27(29(41)37-32(21-36)10-11-32)40(20-25)30(42)33(12-13-33)22-4-6-23(34)7-5-22/h4-9,18,25,27H,10-17,19-20H2,1-3H3,(H,37,41). The Labute approximate surface area is 275 Å². The lowest BCUT2D eigenvalue weighted by Crippen LogP contribution is -2.53. The molecule has 2 aliphatic heterocycles. The van der Waals surface area contributed by atoms with Crippen molar-refractivity contribution in [2.45, 2.75) is 85.6 Å². The molecule has 9 nitrogen and oxygen atoms in total. The number of hydrogen-bond acceptors (Lipinski definition) is 7. The number of amides is 2. The zero-order valence-corrected chi connectivity index (χ0v) is 28.2. The van der Waals surface area contributed by atoms with E-state index >= 15 is 0 Å². The van der Waals surface area contributed by atoms with Gasteiger partial charge in [0.05, 0.1) is 26.7 Å². The molecule has 1 N–H and O–H groups in total. The van der Waals surface area contributed by atoms with Gasteiger partial charge in [-0.05, 0) is 88.8 Å². The maximum Gasteiger partial charge on any atom is 0.244 e. The lowest BCUT2D eigenvalue weighted by molar-refractivity contribution is -0.140. The van der Waals surface area contributed by atoms with Crippen LogP contribution in [0, 0.1) is 11.3 Å². The van der Waals surface area contributed by atoms with E-state index in [9.17, 15) is 23.3 Å². The number of likely N-dealkylation sites (tertiary alicyclic amines) is 1. The number of carbonyl (C=O) groups excluding carboxylic acids is 2. The molecule has 0 radical (unpaired) electrons. The number of benzene rings is 2. The molecule has 2 amide bonds. The number of piperazine rings is 1. The van der Waals surface area contributed by atoms with Crippen molar-refractivity contribution in [1.29, 1.82) is 5.26 Å². The molecule has 0 bridgehead atoms. The zero-order chi connectivity index (χ0) is 32.4. The van der Waals surface area contributed by atoms with Crippen LogP contribution in [0.15, 0.2) is 47.4 Å². The molecule has 2 aromatic carbocycles. The van der Waals surface area contributed by atoms with Crippen molar-refractivity contribution in [2.75, 3.05) is 37.6 Å². The van der Waals surface area contributed by atoms with Crippen molar-refractivity contribution in [3.63, 3.8) is 0 Å². The molecule has 2 unspecified atom stereocenters. The normalized spacial score (nSPS) is 24.2. The minimum Gasteiger partial charge on any atom is -0.369 e. The molecular weight excluding hydrogens is 633 g/mol. The average molecular weight is 673 g/mol. The number of rotatable bonds is 7. The van der Waals surface area contributed by atoms with Crippen molar-refractivity contribution < 1.29 is 18.0 Å². The Hall–Kier alpha value is -2.84. The van der Waals surface area contributed by atoms with Crippen LogP contribution in [0.2, 0.25) is 10.0 Å². The predicted octanol–water partition coefficient (Wildman–Crippen LogP) is 4.56. The van der Waals surface area contributed by atoms with Crippen molar-refractivity contribution in [1.82, 2.24) is 15.1 Å². The van der Waals surface area contributed by atoms with Crippen LogP contribution in [0.5, 0.6) is 0 Å². The van der Waals surface area contributed by atoms with Gasteiger partial charge >= 0.3 is 0 Å². The number of nitrogens with zero attached hydrogens (tertiary/aromatic N) is 4. The first-order chi connectivity index (χ1) is 21.2. The van der Waals surface area contributed by atoms with Gasteiger partial charge in [-0.1, -0.05) is 35.3 Å². The van der Waals surface area contributed by atoms with Gasteiger partial charge in [0, 0.05) is 49.0 Å². The third-order valence-corrected chi connectivity index (χ3v) is 12.8. The number of halogens is 2. The quantitative estimate of drug-likeness (QED) is 0.459. The highest BCUT2D eigenvalue weighted by atomic mass is 35.5. The van der Waals surface area contributed by atoms with Gasteiger partial charge in [-0.2, -0.15) is 5.26 Å². The minimum absolute atomic E-state index is 0.00535. The first kappa shape index (κ1) is 32.1. The Morgan fingerprint density at radius 3 is 2.16 bits per heavy atom. The molecule has 12 heteroatoms. The van der Waals surface area contributed by atoms with Gasteiger partial charge in [-0.25, -0.2) is 8.42 Å². The fourth-order valence-corrected chi connectivity index (χ4v) is 9.09. The van der Waals surface area contributed by atoms with Gasteiger partial charge in [-0.15, -0.1) is 0 Å². The van der Waals surface area contributed by atoms with Gasteiger partial charge in [0.1, 0.15) is 11.6 Å². The molecule has 2 heterocycles. The van der Waals surface area contributed by atoms with Crippen LogP contribution in [-0.2, 0) is 24.8 Å². The molecule has 6 rings (SSSR count). The summed E-state index contributed by atoms with van der Waals surface area (Å²) >= 11 is 12.8. The predicted molar refractivity (Wildman–Crippen MR) is 174 cm³/mol. The van der Waals surface area contributed by atoms with Crippen LogP contribution < -0.4 is 10.2 Å². The van der Waals surface area contributed by atoms with Gasteiger partial charge in [-0.3, -0.25) is 14.5 Å². The molecule has 0 spiro atoms. The number of nitriles is 1. The molecule has 2 aliphatic carbocycles. The highest BCUT2D eigenvalue weighted by Crippen LogP contribution is 2.51. The molecule has 2 atom stereocenters. The molecule has 0 aromatic heterocycles. The molecule has 2 saturated heterocycles. The highest BCUT2D eigenvalue weighted by molar-refractivity contribution is 7.92. The lowest BCUT2D eigenvalue weighted by atomic mass is 9.94. The second kappa shape index (κ2) is 11.4. The van der Waals surface area contributed by atoms with Crippen LogP contribution in [0.3, 0.4) is 0 Å². The monoisotopic (exact) mass is 671 g/mol. The van der Waals surface area contributed by atoms with Gasteiger partial charge in [0.2, 0.25) is 11.8 Å². The first-order valence-corrected chi connectivity index (χ1v) is 17.8. The molecule has 4 fully saturated rings. The number of hydrogen-bond donors (Lipinski definition) is 1. The van der Waals surface area contributed by atoms with E-state index in [1.807, 2.05) is 12.1 Å². The minimum atomic E-state index is -4.02. The van der Waals surface area contributed by atoms with Crippen LogP contribution in [-0.4, -0.2) is 85.1 Å². The van der Waals surface area contributed by atoms with Crippen molar-refractivity contribution in [2.24, 2.45) is 0 Å². The van der Waals surface area contributed by atoms with E-state index in [1.54, 1.807) is 30.3 Å². The Balaban J connectivity index is 1.25. The van der Waals surface area contributed by atoms with E-state index in [2.05, 4.69) is 42.0 Å². The molecular formula is C33H39Cl2N5O4S. The summed E-state index contributed by atoms with van der Waals surface area (Å²) in [6.45, 7) is 9.83. The summed E-state index contributed by atoms with van der Waals surface area (Å²) in [5.74, 6) is -0.775. The van der Waals surface area contributed by atoms with Crippen LogP contribution >= 0.6 is 23.2 Å². The largest absolute Gasteiger partial charge is 0.369 e. The summed E-state index contributed by atoms with van der Waals surface area (Å²) in [6.07, 6.45) is 2.16.